The molecule has 0 aliphatic rings. The fraction of sp³-hybridized carbons (Fsp3) is 0.185. The van der Waals surface area contributed by atoms with Crippen molar-refractivity contribution in [2.45, 2.75) is 25.8 Å². The number of benzene rings is 3. The average Bonchev–Trinajstić information content (AvgIpc) is 2.83. The third kappa shape index (κ3) is 8.40. The number of para-hydroxylation sites is 1. The lowest BCUT2D eigenvalue weighted by Crippen LogP contribution is -2.27. The molecular weight excluding hydrogens is 477 g/mol. The van der Waals surface area contributed by atoms with Crippen molar-refractivity contribution in [1.29, 1.82) is 0 Å². The number of alkyl halides is 3. The molecule has 9 heteroatoms. The van der Waals surface area contributed by atoms with E-state index in [2.05, 4.69) is 16.6 Å². The first kappa shape index (κ1) is 26.2. The maximum atomic E-state index is 12.9. The fourth-order valence-electron chi connectivity index (χ4n) is 2.83. The normalized spacial score (nSPS) is 11.0. The molecule has 0 radical (unpaired) electrons. The molecule has 0 aromatic heterocycles. The molecule has 0 amide bonds. The predicted octanol–water partition coefficient (Wildman–Crippen LogP) is 5.56. The minimum Gasteiger partial charge on any atom is -0.471 e. The maximum absolute atomic E-state index is 12.9. The molecule has 0 saturated heterocycles. The molecule has 6 nitrogen and oxygen atoms in total. The number of hydrogen-bond donors (Lipinski definition) is 0. The summed E-state index contributed by atoms with van der Waals surface area (Å²) < 4.78 is 58.5. The molecule has 0 aliphatic heterocycles. The van der Waals surface area contributed by atoms with Gasteiger partial charge in [0, 0.05) is 5.56 Å². The fourth-order valence-corrected chi connectivity index (χ4v) is 2.83. The van der Waals surface area contributed by atoms with E-state index in [9.17, 15) is 22.8 Å². The smallest absolute Gasteiger partial charge is 0.471 e. The number of halogens is 3. The summed E-state index contributed by atoms with van der Waals surface area (Å²) in [7, 11) is 0. The minimum absolute atomic E-state index is 0.168. The summed E-state index contributed by atoms with van der Waals surface area (Å²) >= 11 is 0. The second-order valence-corrected chi connectivity index (χ2v) is 7.80. The molecule has 3 rings (SSSR count). The predicted molar refractivity (Wildman–Crippen MR) is 124 cm³/mol. The van der Waals surface area contributed by atoms with E-state index in [0.717, 1.165) is 18.2 Å². The Morgan fingerprint density at radius 2 is 1.47 bits per heavy atom. The second-order valence-electron chi connectivity index (χ2n) is 7.80. The number of carbonyl (C=O) groups excluding carboxylic acids is 2. The van der Waals surface area contributed by atoms with Crippen LogP contribution in [0.3, 0.4) is 0 Å². The minimum atomic E-state index is -5.00. The van der Waals surface area contributed by atoms with E-state index in [0.29, 0.717) is 5.56 Å². The lowest BCUT2D eigenvalue weighted by atomic mass is 10.1. The van der Waals surface area contributed by atoms with Crippen molar-refractivity contribution in [3.8, 4) is 29.1 Å². The Labute approximate surface area is 205 Å². The van der Waals surface area contributed by atoms with Gasteiger partial charge in [-0.25, -0.2) is 9.59 Å². The van der Waals surface area contributed by atoms with Crippen LogP contribution in [-0.4, -0.2) is 30.5 Å². The SMILES string of the molecule is CC(C)(C#Cc1ccccc1)Oc1cc(C(=O)OCC(=O)Oc2ccccc2)ccc1OC(F)(F)F. The van der Waals surface area contributed by atoms with Gasteiger partial charge in [-0.15, -0.1) is 13.2 Å². The quantitative estimate of drug-likeness (QED) is 0.242. The van der Waals surface area contributed by atoms with Crippen LogP contribution in [0.1, 0.15) is 29.8 Å². The van der Waals surface area contributed by atoms with Gasteiger partial charge in [0.2, 0.25) is 0 Å². The Kier molecular flexibility index (Phi) is 8.22. The van der Waals surface area contributed by atoms with E-state index in [4.69, 9.17) is 14.2 Å². The van der Waals surface area contributed by atoms with Gasteiger partial charge in [0.05, 0.1) is 5.56 Å². The summed E-state index contributed by atoms with van der Waals surface area (Å²) in [5.74, 6) is 3.12. The van der Waals surface area contributed by atoms with Gasteiger partial charge in [-0.05, 0) is 56.3 Å². The molecule has 3 aromatic carbocycles. The van der Waals surface area contributed by atoms with Crippen molar-refractivity contribution >= 4 is 11.9 Å². The van der Waals surface area contributed by atoms with Gasteiger partial charge in [-0.1, -0.05) is 48.2 Å². The summed E-state index contributed by atoms with van der Waals surface area (Å²) in [5, 5.41) is 0. The molecule has 186 valence electrons. The van der Waals surface area contributed by atoms with Crippen molar-refractivity contribution in [2.24, 2.45) is 0 Å². The highest BCUT2D eigenvalue weighted by molar-refractivity contribution is 5.91. The zero-order chi connectivity index (χ0) is 26.2. The third-order valence-electron chi connectivity index (χ3n) is 4.35. The number of rotatable bonds is 7. The molecule has 0 heterocycles. The van der Waals surface area contributed by atoms with Crippen LogP contribution in [0.5, 0.6) is 17.2 Å². The summed E-state index contributed by atoms with van der Waals surface area (Å²) in [5.41, 5.74) is -0.749. The first-order valence-electron chi connectivity index (χ1n) is 10.6. The van der Waals surface area contributed by atoms with Crippen molar-refractivity contribution in [1.82, 2.24) is 0 Å². The molecule has 3 aromatic rings. The van der Waals surface area contributed by atoms with E-state index in [1.54, 1.807) is 68.4 Å². The van der Waals surface area contributed by atoms with Crippen LogP contribution in [0.4, 0.5) is 13.2 Å². The van der Waals surface area contributed by atoms with Crippen LogP contribution in [0.15, 0.2) is 78.9 Å². The number of hydrogen-bond acceptors (Lipinski definition) is 6. The maximum Gasteiger partial charge on any atom is 0.573 e. The molecule has 0 fully saturated rings. The summed E-state index contributed by atoms with van der Waals surface area (Å²) in [6.07, 6.45) is -5.00. The summed E-state index contributed by atoms with van der Waals surface area (Å²) in [6.45, 7) is 2.38. The van der Waals surface area contributed by atoms with Crippen LogP contribution in [-0.2, 0) is 9.53 Å². The largest absolute Gasteiger partial charge is 0.573 e. The lowest BCUT2D eigenvalue weighted by Gasteiger charge is -2.23. The molecular formula is C27H21F3O6. The van der Waals surface area contributed by atoms with Crippen molar-refractivity contribution in [2.75, 3.05) is 6.61 Å². The van der Waals surface area contributed by atoms with Crippen LogP contribution in [0.25, 0.3) is 0 Å². The average molecular weight is 498 g/mol. The van der Waals surface area contributed by atoms with Crippen LogP contribution < -0.4 is 14.2 Å². The molecule has 0 spiro atoms. The zero-order valence-electron chi connectivity index (χ0n) is 19.3. The monoisotopic (exact) mass is 498 g/mol. The Morgan fingerprint density at radius 3 is 2.11 bits per heavy atom. The number of carbonyl (C=O) groups is 2. The summed E-state index contributed by atoms with van der Waals surface area (Å²) in [4.78, 5) is 24.4. The molecule has 0 atom stereocenters. The van der Waals surface area contributed by atoms with Gasteiger partial charge in [0.15, 0.2) is 23.7 Å². The van der Waals surface area contributed by atoms with E-state index < -0.39 is 36.3 Å². The first-order valence-corrected chi connectivity index (χ1v) is 10.6. The van der Waals surface area contributed by atoms with E-state index >= 15 is 0 Å². The molecule has 0 aliphatic carbocycles. The Hall–Kier alpha value is -4.45. The van der Waals surface area contributed by atoms with Crippen molar-refractivity contribution in [3.63, 3.8) is 0 Å². The molecule has 0 unspecified atom stereocenters. The first-order chi connectivity index (χ1) is 17.0. The molecule has 0 N–H and O–H groups in total. The van der Waals surface area contributed by atoms with Gasteiger partial charge in [0.1, 0.15) is 5.75 Å². The Morgan fingerprint density at radius 1 is 0.833 bits per heavy atom. The topological polar surface area (TPSA) is 71.1 Å². The number of esters is 2. The number of ether oxygens (including phenoxy) is 4. The zero-order valence-corrected chi connectivity index (χ0v) is 19.3. The van der Waals surface area contributed by atoms with Crippen LogP contribution in [0.2, 0.25) is 0 Å². The third-order valence-corrected chi connectivity index (χ3v) is 4.35. The second kappa shape index (κ2) is 11.3. The van der Waals surface area contributed by atoms with E-state index in [1.807, 2.05) is 6.07 Å². The highest BCUT2D eigenvalue weighted by Gasteiger charge is 2.33. The van der Waals surface area contributed by atoms with Crippen LogP contribution >= 0.6 is 0 Å². The molecule has 36 heavy (non-hydrogen) atoms. The molecule has 0 bridgehead atoms. The van der Waals surface area contributed by atoms with Gasteiger partial charge in [0.25, 0.3) is 0 Å². The Balaban J connectivity index is 1.76. The van der Waals surface area contributed by atoms with Gasteiger partial charge in [-0.2, -0.15) is 0 Å². The van der Waals surface area contributed by atoms with Gasteiger partial charge < -0.3 is 18.9 Å². The summed E-state index contributed by atoms with van der Waals surface area (Å²) in [6, 6.07) is 20.1. The Bertz CT molecular complexity index is 1260. The van der Waals surface area contributed by atoms with E-state index in [1.165, 1.54) is 0 Å². The van der Waals surface area contributed by atoms with Gasteiger partial charge >= 0.3 is 18.3 Å². The van der Waals surface area contributed by atoms with Gasteiger partial charge in [-0.3, -0.25) is 0 Å². The lowest BCUT2D eigenvalue weighted by molar-refractivity contribution is -0.275. The van der Waals surface area contributed by atoms with Crippen molar-refractivity contribution in [3.05, 3.63) is 90.0 Å². The van der Waals surface area contributed by atoms with Crippen molar-refractivity contribution < 1.29 is 41.7 Å². The highest BCUT2D eigenvalue weighted by atomic mass is 19.4. The van der Waals surface area contributed by atoms with Crippen LogP contribution in [0, 0.1) is 11.8 Å². The highest BCUT2D eigenvalue weighted by Crippen LogP contribution is 2.35. The standard InChI is InChI=1S/C27H21F3O6/c1-26(2,16-15-19-9-5-3-6-10-19)35-23-17-20(13-14-22(23)36-27(28,29)30)25(32)33-18-24(31)34-21-11-7-4-8-12-21/h3-14,17H,18H2,1-2H3. The molecule has 0 saturated carbocycles. The van der Waals surface area contributed by atoms with E-state index in [-0.39, 0.29) is 17.1 Å².